The number of piperidine rings is 1. The number of fused-ring (bicyclic) bond motifs is 1. The molecule has 0 spiro atoms. The van der Waals surface area contributed by atoms with Crippen LogP contribution in [0.4, 0.5) is 17.6 Å². The Kier molecular flexibility index (Phi) is 6.45. The highest BCUT2D eigenvalue weighted by molar-refractivity contribution is 5.94. The second kappa shape index (κ2) is 9.32. The van der Waals surface area contributed by atoms with Crippen LogP contribution in [-0.4, -0.2) is 54.4 Å². The number of rotatable bonds is 5. The molecule has 1 fully saturated rings. The molecule has 0 bridgehead atoms. The van der Waals surface area contributed by atoms with Gasteiger partial charge < -0.3 is 19.1 Å². The first-order chi connectivity index (χ1) is 16.2. The molecule has 7 nitrogen and oxygen atoms in total. The maximum atomic E-state index is 14.3. The van der Waals surface area contributed by atoms with Crippen LogP contribution in [0.2, 0.25) is 0 Å². The normalized spacial score (nSPS) is 14.8. The molecule has 1 aromatic heterocycles. The van der Waals surface area contributed by atoms with Crippen molar-refractivity contribution < 1.29 is 36.6 Å². The van der Waals surface area contributed by atoms with E-state index in [2.05, 4.69) is 14.7 Å². The quantitative estimate of drug-likeness (QED) is 0.494. The number of hydrogen-bond donors (Lipinski definition) is 0. The fourth-order valence-electron chi connectivity index (χ4n) is 4.12. The summed E-state index contributed by atoms with van der Waals surface area (Å²) >= 11 is 0. The largest absolute Gasteiger partial charge is 0.573 e. The fraction of sp³-hybridized carbons (Fsp3) is 0.348. The third-order valence-corrected chi connectivity index (χ3v) is 5.74. The van der Waals surface area contributed by atoms with E-state index in [1.54, 1.807) is 6.07 Å². The number of likely N-dealkylation sites (tertiary alicyclic amines) is 1. The van der Waals surface area contributed by atoms with Gasteiger partial charge in [0.1, 0.15) is 17.9 Å². The Labute approximate surface area is 192 Å². The van der Waals surface area contributed by atoms with E-state index >= 15 is 0 Å². The van der Waals surface area contributed by atoms with Crippen LogP contribution in [0.3, 0.4) is 0 Å². The average molecular weight is 479 g/mol. The Balaban J connectivity index is 1.49. The van der Waals surface area contributed by atoms with Gasteiger partial charge in [-0.15, -0.1) is 13.2 Å². The Morgan fingerprint density at radius 3 is 2.32 bits per heavy atom. The number of aromatic nitrogens is 2. The molecular formula is C23H21F4N3O4. The highest BCUT2D eigenvalue weighted by Gasteiger charge is 2.32. The topological polar surface area (TPSA) is 73.8 Å². The number of hydrogen-bond acceptors (Lipinski definition) is 6. The maximum absolute atomic E-state index is 14.3. The standard InChI is InChI=1S/C23H21F4N3O4/c1-32-19-10-16-18(11-20(19)33-2)28-12-29-21(16)13-5-7-30(8-6-13)22(31)15-4-3-14(9-17(15)24)34-23(25,26)27/h3-4,9-13H,5-8H2,1-2H3. The van der Waals surface area contributed by atoms with Gasteiger partial charge in [-0.05, 0) is 31.0 Å². The van der Waals surface area contributed by atoms with E-state index in [1.165, 1.54) is 25.4 Å². The van der Waals surface area contributed by atoms with Gasteiger partial charge in [0.15, 0.2) is 11.5 Å². The lowest BCUT2D eigenvalue weighted by atomic mass is 9.90. The van der Waals surface area contributed by atoms with Crippen molar-refractivity contribution in [2.75, 3.05) is 27.3 Å². The van der Waals surface area contributed by atoms with Gasteiger partial charge in [0.25, 0.3) is 5.91 Å². The molecule has 34 heavy (non-hydrogen) atoms. The number of carbonyl (C=O) groups excluding carboxylic acids is 1. The lowest BCUT2D eigenvalue weighted by molar-refractivity contribution is -0.274. The summed E-state index contributed by atoms with van der Waals surface area (Å²) in [4.78, 5) is 23.0. The number of amides is 1. The van der Waals surface area contributed by atoms with Gasteiger partial charge in [0.2, 0.25) is 0 Å². The van der Waals surface area contributed by atoms with Crippen molar-refractivity contribution in [3.8, 4) is 17.2 Å². The summed E-state index contributed by atoms with van der Waals surface area (Å²) in [5.41, 5.74) is 1.21. The third-order valence-electron chi connectivity index (χ3n) is 5.74. The highest BCUT2D eigenvalue weighted by atomic mass is 19.4. The molecular weight excluding hydrogens is 458 g/mol. The Morgan fingerprint density at radius 2 is 1.71 bits per heavy atom. The van der Waals surface area contributed by atoms with Crippen molar-refractivity contribution in [1.82, 2.24) is 14.9 Å². The zero-order chi connectivity index (χ0) is 24.5. The Morgan fingerprint density at radius 1 is 1.03 bits per heavy atom. The molecule has 0 aliphatic carbocycles. The van der Waals surface area contributed by atoms with Gasteiger partial charge in [0.05, 0.1) is 31.0 Å². The van der Waals surface area contributed by atoms with Gasteiger partial charge in [-0.3, -0.25) is 4.79 Å². The second-order valence-corrected chi connectivity index (χ2v) is 7.74. The van der Waals surface area contributed by atoms with Crippen LogP contribution in [0.15, 0.2) is 36.7 Å². The van der Waals surface area contributed by atoms with Crippen molar-refractivity contribution >= 4 is 16.8 Å². The lowest BCUT2D eigenvalue weighted by Gasteiger charge is -2.32. The van der Waals surface area contributed by atoms with Crippen LogP contribution in [0.5, 0.6) is 17.2 Å². The summed E-state index contributed by atoms with van der Waals surface area (Å²) in [5, 5.41) is 0.816. The summed E-state index contributed by atoms with van der Waals surface area (Å²) in [5.74, 6) is -1.26. The number of benzene rings is 2. The molecule has 3 aromatic rings. The summed E-state index contributed by atoms with van der Waals surface area (Å²) in [6.07, 6.45) is -2.33. The van der Waals surface area contributed by atoms with E-state index in [0.29, 0.717) is 49.0 Å². The van der Waals surface area contributed by atoms with Crippen LogP contribution in [0, 0.1) is 5.82 Å². The van der Waals surface area contributed by atoms with Gasteiger partial charge >= 0.3 is 6.36 Å². The number of alkyl halides is 3. The molecule has 11 heteroatoms. The van der Waals surface area contributed by atoms with E-state index in [1.807, 2.05) is 6.07 Å². The molecule has 1 aliphatic rings. The van der Waals surface area contributed by atoms with Gasteiger partial charge in [0, 0.05) is 36.5 Å². The Bertz CT molecular complexity index is 1210. The van der Waals surface area contributed by atoms with E-state index < -0.39 is 23.8 Å². The van der Waals surface area contributed by atoms with E-state index in [4.69, 9.17) is 9.47 Å². The monoisotopic (exact) mass is 479 g/mol. The summed E-state index contributed by atoms with van der Waals surface area (Å²) in [6, 6.07) is 6.07. The van der Waals surface area contributed by atoms with E-state index in [-0.39, 0.29) is 11.5 Å². The molecule has 2 heterocycles. The van der Waals surface area contributed by atoms with Gasteiger partial charge in [-0.25, -0.2) is 14.4 Å². The zero-order valence-corrected chi connectivity index (χ0v) is 18.4. The molecule has 4 rings (SSSR count). The molecule has 2 aromatic carbocycles. The van der Waals surface area contributed by atoms with Crippen molar-refractivity contribution in [3.63, 3.8) is 0 Å². The van der Waals surface area contributed by atoms with Crippen molar-refractivity contribution in [1.29, 1.82) is 0 Å². The smallest absolute Gasteiger partial charge is 0.493 e. The SMILES string of the molecule is COc1cc2ncnc(C3CCN(C(=O)c4ccc(OC(F)(F)F)cc4F)CC3)c2cc1OC. The van der Waals surface area contributed by atoms with Crippen molar-refractivity contribution in [2.24, 2.45) is 0 Å². The van der Waals surface area contributed by atoms with Crippen LogP contribution < -0.4 is 14.2 Å². The molecule has 1 saturated heterocycles. The predicted octanol–water partition coefficient (Wildman–Crippen LogP) is 4.70. The molecule has 0 radical (unpaired) electrons. The lowest BCUT2D eigenvalue weighted by Crippen LogP contribution is -2.38. The van der Waals surface area contributed by atoms with Crippen molar-refractivity contribution in [3.05, 3.63) is 53.7 Å². The summed E-state index contributed by atoms with van der Waals surface area (Å²) < 4.78 is 65.8. The molecule has 180 valence electrons. The first kappa shape index (κ1) is 23.5. The molecule has 1 amide bonds. The fourth-order valence-corrected chi connectivity index (χ4v) is 4.12. The third kappa shape index (κ3) is 4.82. The molecule has 0 saturated carbocycles. The van der Waals surface area contributed by atoms with Crippen LogP contribution in [-0.2, 0) is 0 Å². The number of methoxy groups -OCH3 is 2. The number of halogens is 4. The van der Waals surface area contributed by atoms with Crippen LogP contribution in [0.25, 0.3) is 10.9 Å². The first-order valence-electron chi connectivity index (χ1n) is 10.4. The van der Waals surface area contributed by atoms with Gasteiger partial charge in [-0.1, -0.05) is 0 Å². The molecule has 0 unspecified atom stereocenters. The number of carbonyl (C=O) groups is 1. The van der Waals surface area contributed by atoms with E-state index in [9.17, 15) is 22.4 Å². The molecule has 0 N–H and O–H groups in total. The highest BCUT2D eigenvalue weighted by Crippen LogP contribution is 2.37. The minimum absolute atomic E-state index is 0.0278. The Hall–Kier alpha value is -3.63. The zero-order valence-electron chi connectivity index (χ0n) is 18.4. The van der Waals surface area contributed by atoms with Crippen LogP contribution >= 0.6 is 0 Å². The number of ether oxygens (including phenoxy) is 3. The van der Waals surface area contributed by atoms with Crippen LogP contribution in [0.1, 0.15) is 34.8 Å². The minimum Gasteiger partial charge on any atom is -0.493 e. The molecule has 1 aliphatic heterocycles. The average Bonchev–Trinajstić information content (AvgIpc) is 2.81. The summed E-state index contributed by atoms with van der Waals surface area (Å²) in [6.45, 7) is 0.672. The number of nitrogens with zero attached hydrogens (tertiary/aromatic N) is 3. The predicted molar refractivity (Wildman–Crippen MR) is 114 cm³/mol. The van der Waals surface area contributed by atoms with Gasteiger partial charge in [-0.2, -0.15) is 0 Å². The minimum atomic E-state index is -4.94. The van der Waals surface area contributed by atoms with Crippen molar-refractivity contribution in [2.45, 2.75) is 25.1 Å². The first-order valence-corrected chi connectivity index (χ1v) is 10.4. The maximum Gasteiger partial charge on any atom is 0.573 e. The second-order valence-electron chi connectivity index (χ2n) is 7.74. The summed E-state index contributed by atoms with van der Waals surface area (Å²) in [7, 11) is 3.08. The van der Waals surface area contributed by atoms with E-state index in [0.717, 1.165) is 23.2 Å². The molecule has 0 atom stereocenters.